The van der Waals surface area contributed by atoms with Crippen molar-refractivity contribution in [2.24, 2.45) is 5.41 Å². The first-order valence-corrected chi connectivity index (χ1v) is 13.1. The molecule has 3 rings (SSSR count). The van der Waals surface area contributed by atoms with Crippen LogP contribution in [0.4, 0.5) is 5.69 Å². The maximum absolute atomic E-state index is 9.76. The zero-order valence-electron chi connectivity index (χ0n) is 23.4. The maximum Gasteiger partial charge on any atom is 0.204 e. The van der Waals surface area contributed by atoms with Gasteiger partial charge in [-0.05, 0) is 81.7 Å². The van der Waals surface area contributed by atoms with Crippen molar-refractivity contribution in [3.63, 3.8) is 0 Å². The molecule has 0 fully saturated rings. The van der Waals surface area contributed by atoms with E-state index in [1.165, 1.54) is 22.4 Å². The summed E-state index contributed by atoms with van der Waals surface area (Å²) in [6.07, 6.45) is 14.8. The van der Waals surface area contributed by atoms with Crippen LogP contribution in [0.15, 0.2) is 88.4 Å². The van der Waals surface area contributed by atoms with Crippen molar-refractivity contribution in [3.8, 4) is 6.07 Å². The van der Waals surface area contributed by atoms with Crippen LogP contribution in [0, 0.1) is 23.3 Å². The molecule has 0 unspecified atom stereocenters. The Bertz CT molecular complexity index is 1280. The molecule has 192 valence electrons. The maximum atomic E-state index is 9.76. The van der Waals surface area contributed by atoms with Crippen LogP contribution in [0.3, 0.4) is 0 Å². The van der Waals surface area contributed by atoms with Crippen LogP contribution in [-0.2, 0) is 4.74 Å². The predicted molar refractivity (Wildman–Crippen MR) is 154 cm³/mol. The van der Waals surface area contributed by atoms with Gasteiger partial charge in [-0.15, -0.1) is 0 Å². The van der Waals surface area contributed by atoms with Gasteiger partial charge in [0.2, 0.25) is 5.70 Å². The van der Waals surface area contributed by atoms with E-state index in [1.54, 1.807) is 6.92 Å². The predicted octanol–water partition coefficient (Wildman–Crippen LogP) is 8.55. The molecular weight excluding hydrogens is 454 g/mol. The first-order valence-electron chi connectivity index (χ1n) is 13.1. The van der Waals surface area contributed by atoms with Crippen LogP contribution in [0.5, 0.6) is 0 Å². The van der Waals surface area contributed by atoms with Crippen molar-refractivity contribution in [2.75, 3.05) is 18.0 Å². The van der Waals surface area contributed by atoms with Gasteiger partial charge in [0.1, 0.15) is 17.4 Å². The van der Waals surface area contributed by atoms with Crippen molar-refractivity contribution in [1.82, 2.24) is 0 Å². The Kier molecular flexibility index (Phi) is 8.67. The monoisotopic (exact) mass is 493 g/mol. The lowest BCUT2D eigenvalue weighted by Crippen LogP contribution is -2.21. The largest absolute Gasteiger partial charge is 0.493 e. The van der Waals surface area contributed by atoms with E-state index < -0.39 is 5.60 Å². The van der Waals surface area contributed by atoms with E-state index in [0.717, 1.165) is 31.5 Å². The minimum Gasteiger partial charge on any atom is -0.493 e. The molecule has 0 spiro atoms. The number of hydrogen-bond donors (Lipinski definition) is 0. The number of nitriles is 1. The van der Waals surface area contributed by atoms with Crippen LogP contribution >= 0.6 is 0 Å². The van der Waals surface area contributed by atoms with Gasteiger partial charge in [0.05, 0.1) is 12.1 Å². The highest BCUT2D eigenvalue weighted by Gasteiger charge is 2.37. The van der Waals surface area contributed by atoms with Gasteiger partial charge in [-0.2, -0.15) is 5.26 Å². The van der Waals surface area contributed by atoms with Crippen molar-refractivity contribution in [2.45, 2.75) is 66.9 Å². The number of rotatable bonds is 7. The summed E-state index contributed by atoms with van der Waals surface area (Å²) in [6, 6.07) is 11.0. The molecule has 0 radical (unpaired) electrons. The summed E-state index contributed by atoms with van der Waals surface area (Å²) in [6.45, 7) is 23.9. The molecule has 0 amide bonds. The van der Waals surface area contributed by atoms with Crippen LogP contribution in [0.2, 0.25) is 0 Å². The van der Waals surface area contributed by atoms with Gasteiger partial charge >= 0.3 is 0 Å². The number of ether oxygens (including phenoxy) is 1. The molecule has 1 aromatic carbocycles. The zero-order chi connectivity index (χ0) is 27.2. The number of nitrogens with zero attached hydrogens (tertiary/aromatic N) is 3. The molecule has 0 aromatic heterocycles. The van der Waals surface area contributed by atoms with Gasteiger partial charge in [0.25, 0.3) is 0 Å². The quantitative estimate of drug-likeness (QED) is 0.357. The second-order valence-electron chi connectivity index (χ2n) is 11.0. The van der Waals surface area contributed by atoms with Crippen molar-refractivity contribution in [1.29, 1.82) is 5.26 Å². The Morgan fingerprint density at radius 3 is 2.35 bits per heavy atom. The highest BCUT2D eigenvalue weighted by Crippen LogP contribution is 2.41. The van der Waals surface area contributed by atoms with E-state index in [9.17, 15) is 5.26 Å². The van der Waals surface area contributed by atoms with E-state index in [0.29, 0.717) is 17.0 Å². The summed E-state index contributed by atoms with van der Waals surface area (Å²) in [5.41, 5.74) is 6.19. The van der Waals surface area contributed by atoms with Crippen molar-refractivity contribution >= 4 is 11.8 Å². The average molecular weight is 494 g/mol. The van der Waals surface area contributed by atoms with E-state index in [2.05, 4.69) is 92.1 Å². The highest BCUT2D eigenvalue weighted by molar-refractivity contribution is 5.59. The molecule has 1 aliphatic heterocycles. The molecule has 0 saturated heterocycles. The topological polar surface area (TPSA) is 40.6 Å². The molecule has 1 heterocycles. The highest BCUT2D eigenvalue weighted by atomic mass is 16.5. The number of hydrogen-bond acceptors (Lipinski definition) is 3. The Morgan fingerprint density at radius 2 is 1.76 bits per heavy atom. The first-order chi connectivity index (χ1) is 17.5. The lowest BCUT2D eigenvalue weighted by molar-refractivity contribution is 0.0947. The fourth-order valence-corrected chi connectivity index (χ4v) is 5.06. The zero-order valence-corrected chi connectivity index (χ0v) is 23.4. The third-order valence-corrected chi connectivity index (χ3v) is 6.93. The Hall–Kier alpha value is -3.76. The fourth-order valence-electron chi connectivity index (χ4n) is 5.06. The summed E-state index contributed by atoms with van der Waals surface area (Å²) in [4.78, 5) is 5.82. The molecule has 0 bridgehead atoms. The Balaban J connectivity index is 1.85. The second kappa shape index (κ2) is 11.5. The average Bonchev–Trinajstić information content (AvgIpc) is 3.12. The molecule has 37 heavy (non-hydrogen) atoms. The second-order valence-corrected chi connectivity index (χ2v) is 11.0. The molecule has 0 saturated carbocycles. The van der Waals surface area contributed by atoms with Gasteiger partial charge in [0.15, 0.2) is 0 Å². The van der Waals surface area contributed by atoms with Crippen LogP contribution in [0.25, 0.3) is 10.9 Å². The molecule has 2 aliphatic rings. The Morgan fingerprint density at radius 1 is 1.08 bits per heavy atom. The molecular formula is C33H39N3O. The summed E-state index contributed by atoms with van der Waals surface area (Å²) in [7, 11) is 0. The standard InChI is InChI=1S/C33H39N3O/c1-9-36(10-2)28-18-16-25(17-19-28)14-15-27-20-26(21-32(4,5)22-27)12-11-13-30-29(23-34)31(24(3)35-8)37-33(30,6)7/h11-20H,9-10,21-22H2,1-7H3/b13-11+,15-14+,26-12-,31-24-. The number of benzene rings is 1. The van der Waals surface area contributed by atoms with Crippen molar-refractivity contribution < 1.29 is 4.74 Å². The van der Waals surface area contributed by atoms with Crippen LogP contribution in [0.1, 0.15) is 66.9 Å². The van der Waals surface area contributed by atoms with Crippen LogP contribution < -0.4 is 4.90 Å². The molecule has 1 aliphatic carbocycles. The number of allylic oxidation sites excluding steroid dienone is 8. The Labute approximate surface area is 223 Å². The third kappa shape index (κ3) is 6.72. The van der Waals surface area contributed by atoms with E-state index >= 15 is 0 Å². The van der Waals surface area contributed by atoms with E-state index in [-0.39, 0.29) is 5.41 Å². The summed E-state index contributed by atoms with van der Waals surface area (Å²) >= 11 is 0. The van der Waals surface area contributed by atoms with E-state index in [1.807, 2.05) is 26.0 Å². The molecule has 1 aromatic rings. The van der Waals surface area contributed by atoms with Gasteiger partial charge in [0, 0.05) is 24.4 Å². The smallest absolute Gasteiger partial charge is 0.204 e. The van der Waals surface area contributed by atoms with Gasteiger partial charge in [-0.3, -0.25) is 0 Å². The summed E-state index contributed by atoms with van der Waals surface area (Å²) < 4.78 is 5.99. The lowest BCUT2D eigenvalue weighted by Gasteiger charge is -2.30. The fraction of sp³-hybridized carbons (Fsp3) is 0.394. The molecule has 0 N–H and O–H groups in total. The minimum absolute atomic E-state index is 0.163. The minimum atomic E-state index is -0.655. The number of anilines is 1. The first kappa shape index (κ1) is 27.8. The molecule has 4 nitrogen and oxygen atoms in total. The van der Waals surface area contributed by atoms with Gasteiger partial charge in [-0.25, -0.2) is 4.85 Å². The van der Waals surface area contributed by atoms with E-state index in [4.69, 9.17) is 11.3 Å². The summed E-state index contributed by atoms with van der Waals surface area (Å²) in [5.74, 6) is 0.394. The normalized spacial score (nSPS) is 21.1. The van der Waals surface area contributed by atoms with Crippen molar-refractivity contribution in [3.05, 3.63) is 105 Å². The lowest BCUT2D eigenvalue weighted by atomic mass is 9.75. The van der Waals surface area contributed by atoms with Gasteiger partial charge in [-0.1, -0.05) is 62.4 Å². The molecule has 4 heteroatoms. The van der Waals surface area contributed by atoms with Crippen LogP contribution in [-0.4, -0.2) is 18.7 Å². The summed E-state index contributed by atoms with van der Waals surface area (Å²) in [5, 5.41) is 9.76. The SMILES string of the molecule is [C-]#[N+]/C(C)=C1\OC(C)(C)C(/C=C/C=C2C=C(/C=C/c3ccc(N(CC)CC)cc3)CC(C)(C)C/2)=C1C#N. The third-order valence-electron chi connectivity index (χ3n) is 6.93. The molecule has 0 atom stereocenters. The van der Waals surface area contributed by atoms with Gasteiger partial charge < -0.3 is 9.64 Å².